The first-order valence-electron chi connectivity index (χ1n) is 8.39. The van der Waals surface area contributed by atoms with Gasteiger partial charge in [0.25, 0.3) is 0 Å². The summed E-state index contributed by atoms with van der Waals surface area (Å²) in [5.41, 5.74) is 4.64. The van der Waals surface area contributed by atoms with E-state index in [1.165, 1.54) is 16.7 Å². The quantitative estimate of drug-likeness (QED) is 0.558. The number of aliphatic imine (C=N–C) groups is 1. The minimum atomic E-state index is 0.235. The Balaban J connectivity index is 1.86. The van der Waals surface area contributed by atoms with E-state index < -0.39 is 0 Å². The van der Waals surface area contributed by atoms with Gasteiger partial charge in [0.15, 0.2) is 5.96 Å². The lowest BCUT2D eigenvalue weighted by Gasteiger charge is -2.13. The average molecular weight is 341 g/mol. The molecule has 0 heterocycles. The minimum absolute atomic E-state index is 0.235. The first-order chi connectivity index (χ1) is 12.0. The first kappa shape index (κ1) is 18.6. The SMILES string of the molecule is CN=C(NCCc1cc(C)cc(C)c1)NCc1cc(OC)ccc1O. The monoisotopic (exact) mass is 341 g/mol. The molecule has 0 saturated heterocycles. The molecule has 0 aromatic heterocycles. The van der Waals surface area contributed by atoms with Crippen molar-refractivity contribution in [2.45, 2.75) is 26.8 Å². The fraction of sp³-hybridized carbons (Fsp3) is 0.350. The lowest BCUT2D eigenvalue weighted by atomic mass is 10.1. The molecule has 3 N–H and O–H groups in total. The maximum atomic E-state index is 9.94. The van der Waals surface area contributed by atoms with Crippen LogP contribution in [0.4, 0.5) is 0 Å². The third kappa shape index (κ3) is 5.71. The van der Waals surface area contributed by atoms with Gasteiger partial charge in [-0.05, 0) is 44.0 Å². The molecule has 0 bridgehead atoms. The molecule has 25 heavy (non-hydrogen) atoms. The highest BCUT2D eigenvalue weighted by Crippen LogP contribution is 2.22. The second-order valence-corrected chi connectivity index (χ2v) is 6.09. The van der Waals surface area contributed by atoms with Crippen molar-refractivity contribution in [1.29, 1.82) is 0 Å². The van der Waals surface area contributed by atoms with E-state index in [1.807, 2.05) is 6.07 Å². The number of guanidine groups is 1. The highest BCUT2D eigenvalue weighted by Gasteiger charge is 2.05. The molecule has 0 unspecified atom stereocenters. The van der Waals surface area contributed by atoms with E-state index in [4.69, 9.17) is 4.74 Å². The van der Waals surface area contributed by atoms with Crippen molar-refractivity contribution in [2.24, 2.45) is 4.99 Å². The van der Waals surface area contributed by atoms with E-state index >= 15 is 0 Å². The smallest absolute Gasteiger partial charge is 0.191 e. The van der Waals surface area contributed by atoms with E-state index in [1.54, 1.807) is 26.3 Å². The third-order valence-corrected chi connectivity index (χ3v) is 3.94. The molecule has 0 aliphatic carbocycles. The Labute approximate surface area is 149 Å². The number of aryl methyl sites for hydroxylation is 2. The summed E-state index contributed by atoms with van der Waals surface area (Å²) in [4.78, 5) is 4.22. The third-order valence-electron chi connectivity index (χ3n) is 3.94. The lowest BCUT2D eigenvalue weighted by Crippen LogP contribution is -2.37. The van der Waals surface area contributed by atoms with Crippen molar-refractivity contribution in [3.63, 3.8) is 0 Å². The zero-order valence-corrected chi connectivity index (χ0v) is 15.4. The van der Waals surface area contributed by atoms with Gasteiger partial charge in [0.2, 0.25) is 0 Å². The number of nitrogens with one attached hydrogen (secondary N) is 2. The Morgan fingerprint density at radius 3 is 2.44 bits per heavy atom. The number of hydrogen-bond donors (Lipinski definition) is 3. The van der Waals surface area contributed by atoms with Gasteiger partial charge in [0.05, 0.1) is 7.11 Å². The number of rotatable bonds is 6. The van der Waals surface area contributed by atoms with Gasteiger partial charge in [-0.3, -0.25) is 4.99 Å². The molecule has 2 rings (SSSR count). The predicted molar refractivity (Wildman–Crippen MR) is 102 cm³/mol. The van der Waals surface area contributed by atoms with Gasteiger partial charge in [-0.2, -0.15) is 0 Å². The zero-order chi connectivity index (χ0) is 18.2. The van der Waals surface area contributed by atoms with E-state index in [0.29, 0.717) is 18.3 Å². The molecule has 5 heteroatoms. The average Bonchev–Trinajstić information content (AvgIpc) is 2.58. The topological polar surface area (TPSA) is 65.9 Å². The van der Waals surface area contributed by atoms with Crippen molar-refractivity contribution in [3.05, 3.63) is 58.7 Å². The molecule has 0 aliphatic heterocycles. The molecule has 0 fully saturated rings. The summed E-state index contributed by atoms with van der Waals surface area (Å²) in [6.45, 7) is 5.48. The first-order valence-corrected chi connectivity index (χ1v) is 8.39. The molecular weight excluding hydrogens is 314 g/mol. The molecule has 134 valence electrons. The second kappa shape index (κ2) is 8.97. The van der Waals surface area contributed by atoms with Crippen LogP contribution in [0, 0.1) is 13.8 Å². The van der Waals surface area contributed by atoms with Crippen LogP contribution in [0.3, 0.4) is 0 Å². The van der Waals surface area contributed by atoms with Crippen LogP contribution in [-0.4, -0.2) is 31.8 Å². The number of phenols is 1. The molecular formula is C20H27N3O2. The van der Waals surface area contributed by atoms with Crippen molar-refractivity contribution in [2.75, 3.05) is 20.7 Å². The van der Waals surface area contributed by atoms with Crippen LogP contribution in [0.5, 0.6) is 11.5 Å². The predicted octanol–water partition coefficient (Wildman–Crippen LogP) is 2.93. The number of ether oxygens (including phenoxy) is 1. The van der Waals surface area contributed by atoms with Crippen molar-refractivity contribution >= 4 is 5.96 Å². The standard InChI is InChI=1S/C20H27N3O2/c1-14-9-15(2)11-16(10-14)7-8-22-20(21-3)23-13-17-12-18(25-4)5-6-19(17)24/h5-6,9-12,24H,7-8,13H2,1-4H3,(H2,21,22,23). The maximum absolute atomic E-state index is 9.94. The van der Waals surface area contributed by atoms with Crippen LogP contribution >= 0.6 is 0 Å². The summed E-state index contributed by atoms with van der Waals surface area (Å²) in [6.07, 6.45) is 0.924. The van der Waals surface area contributed by atoms with Gasteiger partial charge in [-0.25, -0.2) is 0 Å². The molecule has 2 aromatic carbocycles. The van der Waals surface area contributed by atoms with Gasteiger partial charge in [-0.1, -0.05) is 29.3 Å². The van der Waals surface area contributed by atoms with Crippen LogP contribution in [-0.2, 0) is 13.0 Å². The molecule has 0 atom stereocenters. The van der Waals surface area contributed by atoms with Crippen molar-refractivity contribution < 1.29 is 9.84 Å². The molecule has 0 amide bonds. The van der Waals surface area contributed by atoms with Gasteiger partial charge >= 0.3 is 0 Å². The van der Waals surface area contributed by atoms with E-state index in [0.717, 1.165) is 18.5 Å². The Morgan fingerprint density at radius 1 is 1.08 bits per heavy atom. The van der Waals surface area contributed by atoms with Crippen LogP contribution in [0.15, 0.2) is 41.4 Å². The molecule has 0 saturated carbocycles. The van der Waals surface area contributed by atoms with Crippen LogP contribution in [0.1, 0.15) is 22.3 Å². The number of methoxy groups -OCH3 is 1. The normalized spacial score (nSPS) is 11.3. The number of nitrogens with zero attached hydrogens (tertiary/aromatic N) is 1. The van der Waals surface area contributed by atoms with E-state index in [9.17, 15) is 5.11 Å². The molecule has 0 radical (unpaired) electrons. The van der Waals surface area contributed by atoms with Crippen LogP contribution in [0.25, 0.3) is 0 Å². The van der Waals surface area contributed by atoms with Crippen LogP contribution < -0.4 is 15.4 Å². The Morgan fingerprint density at radius 2 is 1.80 bits per heavy atom. The summed E-state index contributed by atoms with van der Waals surface area (Å²) >= 11 is 0. The Bertz CT molecular complexity index is 721. The van der Waals surface area contributed by atoms with Gasteiger partial charge in [-0.15, -0.1) is 0 Å². The van der Waals surface area contributed by atoms with E-state index in [2.05, 4.69) is 47.7 Å². The highest BCUT2D eigenvalue weighted by atomic mass is 16.5. The van der Waals surface area contributed by atoms with Crippen molar-refractivity contribution in [3.8, 4) is 11.5 Å². The number of benzene rings is 2. The fourth-order valence-corrected chi connectivity index (χ4v) is 2.77. The van der Waals surface area contributed by atoms with Gasteiger partial charge in [0.1, 0.15) is 11.5 Å². The highest BCUT2D eigenvalue weighted by molar-refractivity contribution is 5.79. The Kier molecular flexibility index (Phi) is 6.69. The molecule has 0 spiro atoms. The fourth-order valence-electron chi connectivity index (χ4n) is 2.77. The second-order valence-electron chi connectivity index (χ2n) is 6.09. The van der Waals surface area contributed by atoms with Gasteiger partial charge < -0.3 is 20.5 Å². The lowest BCUT2D eigenvalue weighted by molar-refractivity contribution is 0.410. The van der Waals surface area contributed by atoms with Crippen molar-refractivity contribution in [1.82, 2.24) is 10.6 Å². The van der Waals surface area contributed by atoms with Gasteiger partial charge in [0, 0.05) is 25.7 Å². The maximum Gasteiger partial charge on any atom is 0.191 e. The number of aromatic hydroxyl groups is 1. The summed E-state index contributed by atoms with van der Waals surface area (Å²) in [5, 5.41) is 16.4. The Hall–Kier alpha value is -2.69. The zero-order valence-electron chi connectivity index (χ0n) is 15.4. The minimum Gasteiger partial charge on any atom is -0.508 e. The number of hydrogen-bond acceptors (Lipinski definition) is 3. The molecule has 0 aliphatic rings. The largest absolute Gasteiger partial charge is 0.508 e. The molecule has 2 aromatic rings. The molecule has 5 nitrogen and oxygen atoms in total. The number of phenolic OH excluding ortho intramolecular Hbond substituents is 1. The summed E-state index contributed by atoms with van der Waals surface area (Å²) < 4.78 is 5.19. The van der Waals surface area contributed by atoms with Crippen LogP contribution in [0.2, 0.25) is 0 Å². The van der Waals surface area contributed by atoms with E-state index in [-0.39, 0.29) is 5.75 Å². The summed E-state index contributed by atoms with van der Waals surface area (Å²) in [6, 6.07) is 11.8. The summed E-state index contributed by atoms with van der Waals surface area (Å²) in [7, 11) is 3.34. The summed E-state index contributed by atoms with van der Waals surface area (Å²) in [5.74, 6) is 1.65.